The highest BCUT2D eigenvalue weighted by Gasteiger charge is 2.17. The molecular formula is C15H24O. The Morgan fingerprint density at radius 2 is 1.62 bits per heavy atom. The van der Waals surface area contributed by atoms with E-state index in [4.69, 9.17) is 0 Å². The molecule has 0 aromatic heterocycles. The normalized spacial score (nSPS) is 13.9. The molecule has 1 nitrogen and oxygen atoms in total. The van der Waals surface area contributed by atoms with Crippen molar-refractivity contribution in [3.63, 3.8) is 0 Å². The zero-order valence-electron chi connectivity index (χ0n) is 11.2. The Hall–Kier alpha value is -0.820. The van der Waals surface area contributed by atoms with Gasteiger partial charge in [-0.2, -0.15) is 0 Å². The predicted octanol–water partition coefficient (Wildman–Crippen LogP) is 4.16. The van der Waals surface area contributed by atoms with Crippen molar-refractivity contribution in [2.45, 2.75) is 53.6 Å². The van der Waals surface area contributed by atoms with Gasteiger partial charge in [-0.05, 0) is 48.8 Å². The summed E-state index contributed by atoms with van der Waals surface area (Å²) in [4.78, 5) is 0. The van der Waals surface area contributed by atoms with Crippen LogP contribution in [0.5, 0.6) is 0 Å². The molecule has 0 heterocycles. The molecule has 0 saturated heterocycles. The van der Waals surface area contributed by atoms with Crippen molar-refractivity contribution >= 4 is 0 Å². The molecule has 0 amide bonds. The summed E-state index contributed by atoms with van der Waals surface area (Å²) in [6.07, 6.45) is 1.57. The van der Waals surface area contributed by atoms with Gasteiger partial charge in [0.25, 0.3) is 0 Å². The van der Waals surface area contributed by atoms with E-state index in [1.54, 1.807) is 0 Å². The van der Waals surface area contributed by atoms with E-state index < -0.39 is 0 Å². The van der Waals surface area contributed by atoms with Gasteiger partial charge in [0.05, 0.1) is 6.10 Å². The minimum Gasteiger partial charge on any atom is -0.388 e. The first-order valence-corrected chi connectivity index (χ1v) is 6.05. The Balaban J connectivity index is 2.77. The van der Waals surface area contributed by atoms with Gasteiger partial charge >= 0.3 is 0 Å². The molecule has 0 saturated carbocycles. The van der Waals surface area contributed by atoms with E-state index in [1.807, 2.05) is 6.07 Å². The second-order valence-electron chi connectivity index (χ2n) is 5.92. The van der Waals surface area contributed by atoms with Gasteiger partial charge in [-0.15, -0.1) is 0 Å². The Morgan fingerprint density at radius 1 is 1.12 bits per heavy atom. The Morgan fingerprint density at radius 3 is 2.06 bits per heavy atom. The number of aliphatic hydroxyl groups excluding tert-OH is 1. The number of hydrogen-bond acceptors (Lipinski definition) is 1. The first-order chi connectivity index (χ1) is 7.31. The second kappa shape index (κ2) is 5.01. The predicted molar refractivity (Wildman–Crippen MR) is 69.6 cm³/mol. The maximum atomic E-state index is 10.2. The molecule has 0 fully saturated rings. The molecule has 1 atom stereocenters. The van der Waals surface area contributed by atoms with Crippen LogP contribution in [0.2, 0.25) is 0 Å². The summed E-state index contributed by atoms with van der Waals surface area (Å²) in [5, 5.41) is 10.2. The molecule has 90 valence electrons. The largest absolute Gasteiger partial charge is 0.388 e. The van der Waals surface area contributed by atoms with Crippen LogP contribution in [0.3, 0.4) is 0 Å². The van der Waals surface area contributed by atoms with E-state index in [1.165, 1.54) is 11.1 Å². The fourth-order valence-corrected chi connectivity index (χ4v) is 2.07. The van der Waals surface area contributed by atoms with Crippen molar-refractivity contribution in [2.24, 2.45) is 5.41 Å². The van der Waals surface area contributed by atoms with Gasteiger partial charge in [0.1, 0.15) is 0 Å². The summed E-state index contributed by atoms with van der Waals surface area (Å²) in [5.74, 6) is 0. The summed E-state index contributed by atoms with van der Waals surface area (Å²) in [5.41, 5.74) is 3.80. The molecule has 1 aromatic carbocycles. The first kappa shape index (κ1) is 13.2. The molecule has 1 rings (SSSR count). The molecule has 1 aromatic rings. The van der Waals surface area contributed by atoms with Crippen LogP contribution in [-0.4, -0.2) is 5.11 Å². The van der Waals surface area contributed by atoms with Gasteiger partial charge in [0, 0.05) is 0 Å². The quantitative estimate of drug-likeness (QED) is 0.810. The number of aliphatic hydroxyl groups is 1. The third kappa shape index (κ3) is 3.64. The lowest BCUT2D eigenvalue weighted by Crippen LogP contribution is -2.09. The monoisotopic (exact) mass is 220 g/mol. The smallest absolute Gasteiger partial charge is 0.0795 e. The molecule has 0 spiro atoms. The second-order valence-corrected chi connectivity index (χ2v) is 5.92. The van der Waals surface area contributed by atoms with Crippen molar-refractivity contribution < 1.29 is 5.11 Å². The van der Waals surface area contributed by atoms with Gasteiger partial charge in [-0.3, -0.25) is 0 Å². The molecule has 0 aliphatic carbocycles. The molecular weight excluding hydrogens is 196 g/mol. The highest BCUT2D eigenvalue weighted by Crippen LogP contribution is 2.30. The lowest BCUT2D eigenvalue weighted by Gasteiger charge is -2.22. The van der Waals surface area contributed by atoms with Crippen LogP contribution in [0.25, 0.3) is 0 Å². The van der Waals surface area contributed by atoms with E-state index in [9.17, 15) is 5.11 Å². The van der Waals surface area contributed by atoms with Gasteiger partial charge in [-0.1, -0.05) is 39.0 Å². The SMILES string of the molecule is Cc1cccc(C)c1C(O)CCC(C)(C)C. The molecule has 0 bridgehead atoms. The molecule has 1 N–H and O–H groups in total. The van der Waals surface area contributed by atoms with Crippen LogP contribution in [0.1, 0.15) is 56.4 Å². The maximum Gasteiger partial charge on any atom is 0.0795 e. The van der Waals surface area contributed by atoms with E-state index in [2.05, 4.69) is 46.8 Å². The van der Waals surface area contributed by atoms with Crippen molar-refractivity contribution in [3.8, 4) is 0 Å². The summed E-state index contributed by atoms with van der Waals surface area (Å²) >= 11 is 0. The summed E-state index contributed by atoms with van der Waals surface area (Å²) in [6.45, 7) is 10.8. The molecule has 1 unspecified atom stereocenters. The molecule has 1 heteroatoms. The molecule has 0 aliphatic rings. The lowest BCUT2D eigenvalue weighted by atomic mass is 9.86. The standard InChI is InChI=1S/C15H24O/c1-11-7-6-8-12(2)14(11)13(16)9-10-15(3,4)5/h6-8,13,16H,9-10H2,1-5H3. The van der Waals surface area contributed by atoms with Gasteiger partial charge in [0.15, 0.2) is 0 Å². The zero-order valence-corrected chi connectivity index (χ0v) is 11.2. The molecule has 0 radical (unpaired) electrons. The molecule has 16 heavy (non-hydrogen) atoms. The van der Waals surface area contributed by atoms with Crippen LogP contribution in [0.4, 0.5) is 0 Å². The number of aryl methyl sites for hydroxylation is 2. The number of benzene rings is 1. The van der Waals surface area contributed by atoms with Gasteiger partial charge < -0.3 is 5.11 Å². The topological polar surface area (TPSA) is 20.2 Å². The Labute approximate surface area is 99.5 Å². The minimum absolute atomic E-state index is 0.289. The zero-order chi connectivity index (χ0) is 12.3. The average molecular weight is 220 g/mol. The van der Waals surface area contributed by atoms with Gasteiger partial charge in [0.2, 0.25) is 0 Å². The lowest BCUT2D eigenvalue weighted by molar-refractivity contribution is 0.146. The minimum atomic E-state index is -0.319. The fraction of sp³-hybridized carbons (Fsp3) is 0.600. The third-order valence-electron chi connectivity index (χ3n) is 3.04. The van der Waals surface area contributed by atoms with Crippen LogP contribution >= 0.6 is 0 Å². The molecule has 0 aliphatic heterocycles. The fourth-order valence-electron chi connectivity index (χ4n) is 2.07. The van der Waals surface area contributed by atoms with E-state index >= 15 is 0 Å². The van der Waals surface area contributed by atoms with E-state index in [0.717, 1.165) is 18.4 Å². The van der Waals surface area contributed by atoms with E-state index in [0.29, 0.717) is 0 Å². The average Bonchev–Trinajstić information content (AvgIpc) is 2.13. The maximum absolute atomic E-state index is 10.2. The highest BCUT2D eigenvalue weighted by molar-refractivity contribution is 5.35. The Kier molecular flexibility index (Phi) is 4.15. The van der Waals surface area contributed by atoms with E-state index in [-0.39, 0.29) is 11.5 Å². The Bertz CT molecular complexity index is 327. The van der Waals surface area contributed by atoms with Crippen molar-refractivity contribution in [1.82, 2.24) is 0 Å². The van der Waals surface area contributed by atoms with Crippen molar-refractivity contribution in [3.05, 3.63) is 34.9 Å². The summed E-state index contributed by atoms with van der Waals surface area (Å²) in [7, 11) is 0. The highest BCUT2D eigenvalue weighted by atomic mass is 16.3. The van der Waals surface area contributed by atoms with Crippen molar-refractivity contribution in [1.29, 1.82) is 0 Å². The van der Waals surface area contributed by atoms with Crippen LogP contribution in [-0.2, 0) is 0 Å². The number of hydrogen-bond donors (Lipinski definition) is 1. The third-order valence-corrected chi connectivity index (χ3v) is 3.04. The summed E-state index contributed by atoms with van der Waals surface area (Å²) < 4.78 is 0. The number of rotatable bonds is 3. The van der Waals surface area contributed by atoms with Gasteiger partial charge in [-0.25, -0.2) is 0 Å². The van der Waals surface area contributed by atoms with Crippen LogP contribution in [0, 0.1) is 19.3 Å². The summed E-state index contributed by atoms with van der Waals surface area (Å²) in [6, 6.07) is 6.19. The van der Waals surface area contributed by atoms with Crippen LogP contribution < -0.4 is 0 Å². The van der Waals surface area contributed by atoms with Crippen molar-refractivity contribution in [2.75, 3.05) is 0 Å². The first-order valence-electron chi connectivity index (χ1n) is 6.05. The van der Waals surface area contributed by atoms with Crippen LogP contribution in [0.15, 0.2) is 18.2 Å².